The zero-order valence-corrected chi connectivity index (χ0v) is 16.7. The van der Waals surface area contributed by atoms with Crippen LogP contribution in [0.25, 0.3) is 10.2 Å². The maximum absolute atomic E-state index is 12.8. The van der Waals surface area contributed by atoms with E-state index in [0.717, 1.165) is 26.6 Å². The number of benzene rings is 1. The lowest BCUT2D eigenvalue weighted by Crippen LogP contribution is -2.26. The van der Waals surface area contributed by atoms with Crippen molar-refractivity contribution in [1.82, 2.24) is 14.9 Å². The maximum atomic E-state index is 12.8. The summed E-state index contributed by atoms with van der Waals surface area (Å²) in [4.78, 5) is 25.9. The van der Waals surface area contributed by atoms with E-state index in [0.29, 0.717) is 0 Å². The highest BCUT2D eigenvalue weighted by Crippen LogP contribution is 2.41. The molecule has 2 heterocycles. The van der Waals surface area contributed by atoms with Gasteiger partial charge in [0, 0.05) is 24.4 Å². The van der Waals surface area contributed by atoms with Gasteiger partial charge in [0.25, 0.3) is 0 Å². The highest BCUT2D eigenvalue weighted by atomic mass is 32.2. The molecule has 0 fully saturated rings. The molecule has 0 aliphatic rings. The van der Waals surface area contributed by atoms with E-state index in [1.165, 1.54) is 22.2 Å². The zero-order valence-electron chi connectivity index (χ0n) is 15.0. The molecule has 0 aliphatic carbocycles. The summed E-state index contributed by atoms with van der Waals surface area (Å²) in [6.45, 7) is 6.10. The average molecular weight is 372 g/mol. The number of thioether (sulfide) groups is 1. The minimum absolute atomic E-state index is 0.0604. The largest absolute Gasteiger partial charge is 0.348 e. The Morgan fingerprint density at radius 1 is 1.12 bits per heavy atom. The molecule has 130 valence electrons. The van der Waals surface area contributed by atoms with Crippen LogP contribution < -0.4 is 0 Å². The van der Waals surface area contributed by atoms with Crippen LogP contribution >= 0.6 is 23.1 Å². The lowest BCUT2D eigenvalue weighted by molar-refractivity contribution is -0.128. The first-order valence-corrected chi connectivity index (χ1v) is 9.75. The molecule has 0 aliphatic heterocycles. The Morgan fingerprint density at radius 3 is 2.44 bits per heavy atom. The second kappa shape index (κ2) is 7.14. The highest BCUT2D eigenvalue weighted by molar-refractivity contribution is 8.00. The van der Waals surface area contributed by atoms with E-state index < -0.39 is 0 Å². The van der Waals surface area contributed by atoms with Crippen LogP contribution in [0, 0.1) is 20.8 Å². The number of hydrogen-bond acceptors (Lipinski definition) is 5. The Bertz CT molecular complexity index is 919. The lowest BCUT2D eigenvalue weighted by atomic mass is 10.1. The number of rotatable bonds is 4. The summed E-state index contributed by atoms with van der Waals surface area (Å²) in [7, 11) is 3.58. The topological polar surface area (TPSA) is 46.1 Å². The molecule has 1 aromatic carbocycles. The van der Waals surface area contributed by atoms with Crippen molar-refractivity contribution in [3.63, 3.8) is 0 Å². The molecule has 1 atom stereocenters. The number of aryl methyl sites for hydroxylation is 3. The number of carbonyl (C=O) groups is 1. The van der Waals surface area contributed by atoms with Crippen LogP contribution in [0.15, 0.2) is 35.4 Å². The Balaban J connectivity index is 2.11. The molecule has 1 amide bonds. The number of carbonyl (C=O) groups excluding carboxylic acids is 1. The Kier molecular flexibility index (Phi) is 5.11. The van der Waals surface area contributed by atoms with E-state index >= 15 is 0 Å². The monoisotopic (exact) mass is 371 g/mol. The van der Waals surface area contributed by atoms with Gasteiger partial charge in [-0.15, -0.1) is 11.3 Å². The van der Waals surface area contributed by atoms with Gasteiger partial charge in [0.05, 0.1) is 0 Å². The Labute approximate surface area is 156 Å². The molecule has 0 spiro atoms. The van der Waals surface area contributed by atoms with Crippen LogP contribution in [0.3, 0.4) is 0 Å². The van der Waals surface area contributed by atoms with Crippen molar-refractivity contribution in [1.29, 1.82) is 0 Å². The molecule has 2 aromatic heterocycles. The van der Waals surface area contributed by atoms with Gasteiger partial charge in [-0.25, -0.2) is 9.97 Å². The van der Waals surface area contributed by atoms with Gasteiger partial charge in [-0.3, -0.25) is 4.79 Å². The minimum atomic E-state index is -0.326. The Morgan fingerprint density at radius 2 is 1.80 bits per heavy atom. The number of fused-ring (bicyclic) bond motifs is 1. The predicted molar refractivity (Wildman–Crippen MR) is 105 cm³/mol. The van der Waals surface area contributed by atoms with Gasteiger partial charge in [-0.1, -0.05) is 42.1 Å². The van der Waals surface area contributed by atoms with Crippen LogP contribution in [0.5, 0.6) is 0 Å². The molecule has 0 bridgehead atoms. The van der Waals surface area contributed by atoms with Gasteiger partial charge in [-0.2, -0.15) is 0 Å². The van der Waals surface area contributed by atoms with Gasteiger partial charge in [0.2, 0.25) is 5.91 Å². The first kappa shape index (κ1) is 17.9. The summed E-state index contributed by atoms with van der Waals surface area (Å²) >= 11 is 3.20. The predicted octanol–water partition coefficient (Wildman–Crippen LogP) is 4.54. The van der Waals surface area contributed by atoms with Gasteiger partial charge >= 0.3 is 0 Å². The molecule has 0 saturated carbocycles. The fourth-order valence-electron chi connectivity index (χ4n) is 2.63. The van der Waals surface area contributed by atoms with Crippen LogP contribution in [0.1, 0.15) is 27.1 Å². The van der Waals surface area contributed by atoms with E-state index in [1.807, 2.05) is 37.3 Å². The molecular formula is C19H21N3OS2. The normalized spacial score (nSPS) is 12.4. The van der Waals surface area contributed by atoms with Gasteiger partial charge < -0.3 is 4.90 Å². The Hall–Kier alpha value is -1.92. The number of amides is 1. The number of hydrogen-bond donors (Lipinski definition) is 0. The molecule has 25 heavy (non-hydrogen) atoms. The van der Waals surface area contributed by atoms with Crippen LogP contribution in [0.2, 0.25) is 0 Å². The molecule has 6 heteroatoms. The van der Waals surface area contributed by atoms with Crippen molar-refractivity contribution in [2.45, 2.75) is 31.0 Å². The summed E-state index contributed by atoms with van der Waals surface area (Å²) in [5.74, 6) is 0.797. The van der Waals surface area contributed by atoms with E-state index in [4.69, 9.17) is 0 Å². The average Bonchev–Trinajstić information content (AvgIpc) is 2.86. The van der Waals surface area contributed by atoms with Crippen molar-refractivity contribution >= 4 is 39.2 Å². The van der Waals surface area contributed by atoms with E-state index in [2.05, 4.69) is 23.8 Å². The summed E-state index contributed by atoms with van der Waals surface area (Å²) in [6, 6.07) is 9.89. The number of likely N-dealkylation sites (N-methyl/N-ethyl adjacent to an activating group) is 1. The van der Waals surface area contributed by atoms with E-state index in [-0.39, 0.29) is 11.2 Å². The SMILES string of the molecule is Cc1nc(SC(C(=O)N(C)C)c2ccccc2)c2c(C)c(C)sc2n1. The second-order valence-corrected chi connectivity index (χ2v) is 8.48. The van der Waals surface area contributed by atoms with Crippen molar-refractivity contribution < 1.29 is 4.79 Å². The van der Waals surface area contributed by atoms with Gasteiger partial charge in [-0.05, 0) is 31.9 Å². The number of thiophene rings is 1. The first-order chi connectivity index (χ1) is 11.9. The smallest absolute Gasteiger partial charge is 0.240 e. The summed E-state index contributed by atoms with van der Waals surface area (Å²) < 4.78 is 0. The quantitative estimate of drug-likeness (QED) is 0.499. The molecule has 3 aromatic rings. The lowest BCUT2D eigenvalue weighted by Gasteiger charge is -2.20. The third kappa shape index (κ3) is 3.55. The fraction of sp³-hybridized carbons (Fsp3) is 0.316. The summed E-state index contributed by atoms with van der Waals surface area (Å²) in [5.41, 5.74) is 2.19. The molecule has 1 unspecified atom stereocenters. The molecule has 0 saturated heterocycles. The standard InChI is InChI=1S/C19H21N3OS2/c1-11-12(2)24-17-15(11)18(21-13(3)20-17)25-16(19(23)22(4)5)14-9-7-6-8-10-14/h6-10,16H,1-5H3. The molecule has 3 rings (SSSR count). The van der Waals surface area contributed by atoms with Gasteiger partial charge in [0.15, 0.2) is 0 Å². The van der Waals surface area contributed by atoms with Crippen molar-refractivity contribution in [2.75, 3.05) is 14.1 Å². The first-order valence-electron chi connectivity index (χ1n) is 8.05. The maximum Gasteiger partial charge on any atom is 0.240 e. The van der Waals surface area contributed by atoms with Gasteiger partial charge in [0.1, 0.15) is 20.9 Å². The molecule has 0 radical (unpaired) electrons. The van der Waals surface area contributed by atoms with Crippen LogP contribution in [-0.2, 0) is 4.79 Å². The highest BCUT2D eigenvalue weighted by Gasteiger charge is 2.26. The third-order valence-electron chi connectivity index (χ3n) is 4.10. The zero-order chi connectivity index (χ0) is 18.1. The van der Waals surface area contributed by atoms with E-state index in [9.17, 15) is 4.79 Å². The summed E-state index contributed by atoms with van der Waals surface area (Å²) in [5, 5.41) is 1.63. The number of aromatic nitrogens is 2. The minimum Gasteiger partial charge on any atom is -0.348 e. The number of nitrogens with zero attached hydrogens (tertiary/aromatic N) is 3. The summed E-state index contributed by atoms with van der Waals surface area (Å²) in [6.07, 6.45) is 0. The second-order valence-electron chi connectivity index (χ2n) is 6.18. The van der Waals surface area contributed by atoms with Crippen molar-refractivity contribution in [2.24, 2.45) is 0 Å². The molecular weight excluding hydrogens is 350 g/mol. The van der Waals surface area contributed by atoms with Crippen LogP contribution in [0.4, 0.5) is 0 Å². The van der Waals surface area contributed by atoms with Crippen molar-refractivity contribution in [3.8, 4) is 0 Å². The third-order valence-corrected chi connectivity index (χ3v) is 6.43. The van der Waals surface area contributed by atoms with Crippen LogP contribution in [-0.4, -0.2) is 34.9 Å². The van der Waals surface area contributed by atoms with E-state index in [1.54, 1.807) is 30.3 Å². The fourth-order valence-corrected chi connectivity index (χ4v) is 5.15. The molecule has 0 N–H and O–H groups in total. The molecule has 4 nitrogen and oxygen atoms in total. The van der Waals surface area contributed by atoms with Crippen molar-refractivity contribution in [3.05, 3.63) is 52.2 Å².